The Morgan fingerprint density at radius 3 is 2.39 bits per heavy atom. The lowest BCUT2D eigenvalue weighted by atomic mass is 9.45. The first-order chi connectivity index (χ1) is 19.4. The summed E-state index contributed by atoms with van der Waals surface area (Å²) in [6, 6.07) is 9.41. The summed E-state index contributed by atoms with van der Waals surface area (Å²) in [6.07, 6.45) is 5.97. The molecule has 0 unspecified atom stereocenters. The Balaban J connectivity index is 1.80. The van der Waals surface area contributed by atoms with Crippen LogP contribution < -0.4 is 0 Å². The van der Waals surface area contributed by atoms with Gasteiger partial charge >= 0.3 is 17.9 Å². The number of esters is 3. The Bertz CT molecular complexity index is 1260. The van der Waals surface area contributed by atoms with Crippen LogP contribution in [0.4, 0.5) is 0 Å². The maximum absolute atomic E-state index is 13.0. The summed E-state index contributed by atoms with van der Waals surface area (Å²) >= 11 is 0. The monoisotopic (exact) mass is 564 g/mol. The van der Waals surface area contributed by atoms with Crippen LogP contribution in [-0.4, -0.2) is 47.8 Å². The van der Waals surface area contributed by atoms with Gasteiger partial charge in [0.25, 0.3) is 0 Å². The van der Waals surface area contributed by atoms with Gasteiger partial charge in [0.1, 0.15) is 6.10 Å². The summed E-state index contributed by atoms with van der Waals surface area (Å²) in [6.45, 7) is 12.6. The van der Waals surface area contributed by atoms with Crippen molar-refractivity contribution in [2.24, 2.45) is 22.7 Å². The first-order valence-corrected chi connectivity index (χ1v) is 14.0. The Kier molecular flexibility index (Phi) is 9.04. The molecular weight excluding hydrogens is 524 g/mol. The van der Waals surface area contributed by atoms with Crippen LogP contribution in [0.3, 0.4) is 0 Å². The number of aliphatic hydroxyl groups excluding tert-OH is 1. The highest BCUT2D eigenvalue weighted by Crippen LogP contribution is 2.67. The van der Waals surface area contributed by atoms with Crippen molar-refractivity contribution in [1.82, 2.24) is 0 Å². The van der Waals surface area contributed by atoms with Crippen LogP contribution in [0.2, 0.25) is 0 Å². The SMILES string of the molecule is C=C/C(C)=C/C[C@]1(C)[C@H]2C[C@@H](OC(=O)/C=C/c3ccccc3)C=C3[C@H](OC(C)=O)O[C@@H](OC(C)=O)[C@@]32[C@@H](O)C[C@@H]1C. The predicted molar refractivity (Wildman–Crippen MR) is 153 cm³/mol. The molecule has 1 aromatic rings. The number of carbonyl (C=O) groups is 3. The molecule has 4 rings (SSSR count). The normalized spacial score (nSPS) is 34.7. The van der Waals surface area contributed by atoms with Gasteiger partial charge in [-0.25, -0.2) is 4.79 Å². The number of ether oxygens (including phenoxy) is 4. The summed E-state index contributed by atoms with van der Waals surface area (Å²) in [5, 5.41) is 11.8. The third-order valence-electron chi connectivity index (χ3n) is 9.06. The molecular formula is C33H40O8. The van der Waals surface area contributed by atoms with Gasteiger partial charge in [-0.1, -0.05) is 68.5 Å². The summed E-state index contributed by atoms with van der Waals surface area (Å²) in [4.78, 5) is 37.3. The molecule has 8 nitrogen and oxygen atoms in total. The van der Waals surface area contributed by atoms with E-state index >= 15 is 0 Å². The zero-order chi connectivity index (χ0) is 29.9. The molecule has 1 heterocycles. The second kappa shape index (κ2) is 12.2. The topological polar surface area (TPSA) is 108 Å². The molecule has 220 valence electrons. The number of hydrogen-bond donors (Lipinski definition) is 1. The molecule has 1 aliphatic heterocycles. The zero-order valence-electron chi connectivity index (χ0n) is 24.4. The maximum Gasteiger partial charge on any atom is 0.331 e. The number of benzene rings is 1. The third kappa shape index (κ3) is 5.95. The van der Waals surface area contributed by atoms with Crippen LogP contribution in [0.25, 0.3) is 6.08 Å². The average molecular weight is 565 g/mol. The van der Waals surface area contributed by atoms with Crippen molar-refractivity contribution in [3.8, 4) is 0 Å². The first-order valence-electron chi connectivity index (χ1n) is 14.0. The molecule has 3 aliphatic rings. The van der Waals surface area contributed by atoms with Gasteiger partial charge in [-0.05, 0) is 61.2 Å². The predicted octanol–water partition coefficient (Wildman–Crippen LogP) is 5.28. The molecule has 2 fully saturated rings. The highest BCUT2D eigenvalue weighted by molar-refractivity contribution is 5.87. The molecule has 1 saturated heterocycles. The van der Waals surface area contributed by atoms with Crippen molar-refractivity contribution in [2.45, 2.75) is 78.7 Å². The Hall–Kier alpha value is -3.49. The molecule has 0 radical (unpaired) electrons. The highest BCUT2D eigenvalue weighted by atomic mass is 16.8. The molecule has 8 heteroatoms. The fourth-order valence-electron chi connectivity index (χ4n) is 6.79. The molecule has 1 spiro atoms. The van der Waals surface area contributed by atoms with Gasteiger partial charge in [-0.15, -0.1) is 0 Å². The van der Waals surface area contributed by atoms with Crippen molar-refractivity contribution < 1.29 is 38.4 Å². The molecule has 2 aliphatic carbocycles. The van der Waals surface area contributed by atoms with E-state index in [4.69, 9.17) is 18.9 Å². The van der Waals surface area contributed by atoms with Gasteiger partial charge in [0.15, 0.2) is 0 Å². The number of carbonyl (C=O) groups excluding carboxylic acids is 3. The lowest BCUT2D eigenvalue weighted by Gasteiger charge is -2.60. The fourth-order valence-corrected chi connectivity index (χ4v) is 6.79. The summed E-state index contributed by atoms with van der Waals surface area (Å²) in [5.41, 5.74) is 0.674. The molecule has 1 saturated carbocycles. The quantitative estimate of drug-likeness (QED) is 0.149. The molecule has 1 aromatic carbocycles. The standard InChI is InChI=1S/C33H40O8/c1-7-20(2)15-16-32(6)21(3)17-28(36)33-26(30(38-22(4)34)41-31(33)39-23(5)35)18-25(19-27(32)33)40-29(37)14-13-24-11-9-8-10-12-24/h7-15,18,21,25,27-28,30-31,36H,1,16-17,19H2,2-6H3/b14-13+,20-15+/t21-,25-,27+,28-,30+,31+,32-,33-/m0/s1. The molecule has 0 aromatic heterocycles. The molecule has 1 N–H and O–H groups in total. The van der Waals surface area contributed by atoms with E-state index in [1.807, 2.05) is 37.3 Å². The van der Waals surface area contributed by atoms with Crippen molar-refractivity contribution in [1.29, 1.82) is 0 Å². The van der Waals surface area contributed by atoms with Gasteiger partial charge in [-0.3, -0.25) is 14.3 Å². The summed E-state index contributed by atoms with van der Waals surface area (Å²) < 4.78 is 23.3. The van der Waals surface area contributed by atoms with Crippen molar-refractivity contribution in [2.75, 3.05) is 0 Å². The van der Waals surface area contributed by atoms with Gasteiger partial charge in [0.2, 0.25) is 12.6 Å². The van der Waals surface area contributed by atoms with Crippen LogP contribution in [0.5, 0.6) is 0 Å². The minimum absolute atomic E-state index is 0.0430. The van der Waals surface area contributed by atoms with Gasteiger partial charge < -0.3 is 19.3 Å². The molecule has 0 amide bonds. The van der Waals surface area contributed by atoms with Crippen molar-refractivity contribution >= 4 is 24.0 Å². The highest BCUT2D eigenvalue weighted by Gasteiger charge is 2.71. The number of rotatable bonds is 8. The molecule has 8 atom stereocenters. The van der Waals surface area contributed by atoms with E-state index < -0.39 is 53.5 Å². The maximum atomic E-state index is 13.0. The van der Waals surface area contributed by atoms with Crippen LogP contribution in [0.15, 0.2) is 72.4 Å². The largest absolute Gasteiger partial charge is 0.455 e. The molecule has 0 bridgehead atoms. The molecule has 41 heavy (non-hydrogen) atoms. The van der Waals surface area contributed by atoms with Crippen molar-refractivity contribution in [3.05, 3.63) is 77.9 Å². The van der Waals surface area contributed by atoms with Gasteiger partial charge in [-0.2, -0.15) is 0 Å². The lowest BCUT2D eigenvalue weighted by molar-refractivity contribution is -0.253. The Morgan fingerprint density at radius 1 is 1.07 bits per heavy atom. The smallest absolute Gasteiger partial charge is 0.331 e. The van der Waals surface area contributed by atoms with E-state index in [0.29, 0.717) is 24.8 Å². The second-order valence-corrected chi connectivity index (χ2v) is 11.6. The van der Waals surface area contributed by atoms with E-state index in [1.54, 1.807) is 18.2 Å². The first kappa shape index (κ1) is 30.5. The fraction of sp³-hybridized carbons (Fsp3) is 0.485. The van der Waals surface area contributed by atoms with Crippen LogP contribution in [-0.2, 0) is 33.3 Å². The minimum atomic E-state index is -1.21. The zero-order valence-corrected chi connectivity index (χ0v) is 24.4. The minimum Gasteiger partial charge on any atom is -0.455 e. The van der Waals surface area contributed by atoms with E-state index in [1.165, 1.54) is 19.9 Å². The van der Waals surface area contributed by atoms with E-state index in [0.717, 1.165) is 11.1 Å². The van der Waals surface area contributed by atoms with Gasteiger partial charge in [0, 0.05) is 25.5 Å². The average Bonchev–Trinajstić information content (AvgIpc) is 3.21. The Morgan fingerprint density at radius 2 is 1.76 bits per heavy atom. The Labute approximate surface area is 241 Å². The number of hydrogen-bond acceptors (Lipinski definition) is 8. The second-order valence-electron chi connectivity index (χ2n) is 11.6. The van der Waals surface area contributed by atoms with E-state index in [-0.39, 0.29) is 11.8 Å². The van der Waals surface area contributed by atoms with Crippen molar-refractivity contribution in [3.63, 3.8) is 0 Å². The number of aliphatic hydroxyl groups is 1. The number of allylic oxidation sites excluding steroid dienone is 3. The van der Waals surface area contributed by atoms with E-state index in [2.05, 4.69) is 26.5 Å². The van der Waals surface area contributed by atoms with Crippen LogP contribution in [0, 0.1) is 22.7 Å². The van der Waals surface area contributed by atoms with Gasteiger partial charge in [0.05, 0.1) is 11.5 Å². The lowest BCUT2D eigenvalue weighted by Crippen LogP contribution is -2.63. The third-order valence-corrected chi connectivity index (χ3v) is 9.06. The summed E-state index contributed by atoms with van der Waals surface area (Å²) in [7, 11) is 0. The van der Waals surface area contributed by atoms with E-state index in [9.17, 15) is 19.5 Å². The van der Waals surface area contributed by atoms with Crippen LogP contribution >= 0.6 is 0 Å². The summed E-state index contributed by atoms with van der Waals surface area (Å²) in [5.74, 6) is -2.04. The van der Waals surface area contributed by atoms with Crippen LogP contribution in [0.1, 0.15) is 59.4 Å².